The lowest BCUT2D eigenvalue weighted by Crippen LogP contribution is -2.47. The Morgan fingerprint density at radius 3 is 2.63 bits per heavy atom. The lowest BCUT2D eigenvalue weighted by atomic mass is 9.81. The molecule has 0 N–H and O–H groups in total. The van der Waals surface area contributed by atoms with Crippen LogP contribution in [-0.4, -0.2) is 34.0 Å². The summed E-state index contributed by atoms with van der Waals surface area (Å²) < 4.78 is 11.1. The standard InChI is InChI=1S/C24H27N3O3/c1-24(23-25-21(30-26-23)17-29-20-11-6-3-7-12-20)15-8-16-27(18-24)22(28)14-13-19-9-4-2-5-10-19/h2-7,9-12H,8,13-18H2,1H3. The average molecular weight is 405 g/mol. The first-order valence-corrected chi connectivity index (χ1v) is 10.4. The van der Waals surface area contributed by atoms with E-state index in [2.05, 4.69) is 29.2 Å². The van der Waals surface area contributed by atoms with Crippen molar-refractivity contribution in [2.75, 3.05) is 13.1 Å². The van der Waals surface area contributed by atoms with Gasteiger partial charge in [-0.15, -0.1) is 0 Å². The smallest absolute Gasteiger partial charge is 0.264 e. The zero-order valence-electron chi connectivity index (χ0n) is 17.3. The van der Waals surface area contributed by atoms with Gasteiger partial charge in [0.25, 0.3) is 5.89 Å². The molecular formula is C24H27N3O3. The molecule has 156 valence electrons. The van der Waals surface area contributed by atoms with Gasteiger partial charge in [0.15, 0.2) is 12.4 Å². The van der Waals surface area contributed by atoms with E-state index in [1.54, 1.807) is 0 Å². The maximum absolute atomic E-state index is 12.8. The average Bonchev–Trinajstić information content (AvgIpc) is 3.28. The first-order chi connectivity index (χ1) is 14.6. The van der Waals surface area contributed by atoms with Crippen LogP contribution in [0.3, 0.4) is 0 Å². The maximum Gasteiger partial charge on any atom is 0.264 e. The lowest BCUT2D eigenvalue weighted by molar-refractivity contribution is -0.133. The van der Waals surface area contributed by atoms with Crippen molar-refractivity contribution in [2.45, 2.75) is 44.6 Å². The van der Waals surface area contributed by atoms with Crippen molar-refractivity contribution in [1.29, 1.82) is 0 Å². The fourth-order valence-corrected chi connectivity index (χ4v) is 3.91. The first kappa shape index (κ1) is 20.1. The molecule has 0 bridgehead atoms. The molecule has 1 aliphatic rings. The van der Waals surface area contributed by atoms with Gasteiger partial charge in [-0.2, -0.15) is 4.98 Å². The summed E-state index contributed by atoms with van der Waals surface area (Å²) in [6.07, 6.45) is 3.13. The highest BCUT2D eigenvalue weighted by Gasteiger charge is 2.38. The Morgan fingerprint density at radius 2 is 1.87 bits per heavy atom. The Balaban J connectivity index is 1.35. The molecular weight excluding hydrogens is 378 g/mol. The van der Waals surface area contributed by atoms with Gasteiger partial charge in [-0.25, -0.2) is 0 Å². The van der Waals surface area contributed by atoms with Crippen LogP contribution in [0.2, 0.25) is 0 Å². The second-order valence-electron chi connectivity index (χ2n) is 8.08. The molecule has 0 saturated carbocycles. The third kappa shape index (κ3) is 4.87. The van der Waals surface area contributed by atoms with E-state index in [4.69, 9.17) is 9.26 Å². The van der Waals surface area contributed by atoms with E-state index in [1.165, 1.54) is 5.56 Å². The lowest BCUT2D eigenvalue weighted by Gasteiger charge is -2.38. The van der Waals surface area contributed by atoms with Crippen LogP contribution in [0.25, 0.3) is 0 Å². The van der Waals surface area contributed by atoms with E-state index >= 15 is 0 Å². The van der Waals surface area contributed by atoms with Crippen LogP contribution >= 0.6 is 0 Å². The molecule has 1 unspecified atom stereocenters. The normalized spacial score (nSPS) is 18.9. The van der Waals surface area contributed by atoms with E-state index in [1.807, 2.05) is 53.4 Å². The van der Waals surface area contributed by atoms with Gasteiger partial charge in [0.2, 0.25) is 5.91 Å². The molecule has 0 radical (unpaired) electrons. The molecule has 1 fully saturated rings. The van der Waals surface area contributed by atoms with Crippen LogP contribution in [-0.2, 0) is 23.2 Å². The molecule has 30 heavy (non-hydrogen) atoms. The fourth-order valence-electron chi connectivity index (χ4n) is 3.91. The van der Waals surface area contributed by atoms with Gasteiger partial charge in [0.1, 0.15) is 5.75 Å². The number of rotatable bonds is 7. The first-order valence-electron chi connectivity index (χ1n) is 10.4. The number of hydrogen-bond donors (Lipinski definition) is 0. The van der Waals surface area contributed by atoms with Crippen molar-refractivity contribution in [3.8, 4) is 5.75 Å². The van der Waals surface area contributed by atoms with Crippen molar-refractivity contribution < 1.29 is 14.1 Å². The SMILES string of the molecule is CC1(c2noc(COc3ccccc3)n2)CCCN(C(=O)CCc2ccccc2)C1. The molecule has 0 aliphatic carbocycles. The zero-order chi connectivity index (χ0) is 20.8. The fraction of sp³-hybridized carbons (Fsp3) is 0.375. The number of para-hydroxylation sites is 1. The van der Waals surface area contributed by atoms with Crippen LogP contribution in [0, 0.1) is 0 Å². The van der Waals surface area contributed by atoms with Gasteiger partial charge in [-0.3, -0.25) is 4.79 Å². The summed E-state index contributed by atoms with van der Waals surface area (Å²) in [5, 5.41) is 4.21. The topological polar surface area (TPSA) is 68.5 Å². The molecule has 6 heteroatoms. The number of aromatic nitrogens is 2. The van der Waals surface area contributed by atoms with Crippen LogP contribution in [0.5, 0.6) is 5.75 Å². The number of benzene rings is 2. The summed E-state index contributed by atoms with van der Waals surface area (Å²) in [6.45, 7) is 3.73. The predicted octanol–water partition coefficient (Wildman–Crippen LogP) is 4.16. The largest absolute Gasteiger partial charge is 0.484 e. The predicted molar refractivity (Wildman–Crippen MR) is 113 cm³/mol. The van der Waals surface area contributed by atoms with E-state index in [0.29, 0.717) is 24.7 Å². The molecule has 2 heterocycles. The van der Waals surface area contributed by atoms with Gasteiger partial charge in [0, 0.05) is 24.9 Å². The minimum absolute atomic E-state index is 0.181. The summed E-state index contributed by atoms with van der Waals surface area (Å²) >= 11 is 0. The second kappa shape index (κ2) is 9.11. The summed E-state index contributed by atoms with van der Waals surface area (Å²) in [5.74, 6) is 2.04. The summed E-state index contributed by atoms with van der Waals surface area (Å²) in [7, 11) is 0. The number of nitrogens with zero attached hydrogens (tertiary/aromatic N) is 3. The summed E-state index contributed by atoms with van der Waals surface area (Å²) in [6, 6.07) is 19.7. The van der Waals surface area contributed by atoms with E-state index in [-0.39, 0.29) is 17.9 Å². The summed E-state index contributed by atoms with van der Waals surface area (Å²) in [5.41, 5.74) is 0.877. The quantitative estimate of drug-likeness (QED) is 0.590. The van der Waals surface area contributed by atoms with Crippen molar-refractivity contribution in [1.82, 2.24) is 15.0 Å². The van der Waals surface area contributed by atoms with Gasteiger partial charge >= 0.3 is 0 Å². The van der Waals surface area contributed by atoms with Crippen LogP contribution in [0.15, 0.2) is 65.2 Å². The van der Waals surface area contributed by atoms with Gasteiger partial charge in [-0.1, -0.05) is 60.6 Å². The monoisotopic (exact) mass is 405 g/mol. The molecule has 6 nitrogen and oxygen atoms in total. The van der Waals surface area contributed by atoms with Crippen molar-refractivity contribution in [3.05, 3.63) is 77.9 Å². The molecule has 1 atom stereocenters. The Morgan fingerprint density at radius 1 is 1.13 bits per heavy atom. The van der Waals surface area contributed by atoms with Crippen LogP contribution in [0.4, 0.5) is 0 Å². The Bertz CT molecular complexity index is 958. The molecule has 4 rings (SSSR count). The number of piperidine rings is 1. The third-order valence-electron chi connectivity index (χ3n) is 5.63. The van der Waals surface area contributed by atoms with Crippen LogP contribution < -0.4 is 4.74 Å². The third-order valence-corrected chi connectivity index (χ3v) is 5.63. The summed E-state index contributed by atoms with van der Waals surface area (Å²) in [4.78, 5) is 19.3. The Kier molecular flexibility index (Phi) is 6.12. The maximum atomic E-state index is 12.8. The molecule has 1 aromatic heterocycles. The number of ether oxygens (including phenoxy) is 1. The number of aryl methyl sites for hydroxylation is 1. The molecule has 1 amide bonds. The van der Waals surface area contributed by atoms with Crippen molar-refractivity contribution in [3.63, 3.8) is 0 Å². The van der Waals surface area contributed by atoms with E-state index < -0.39 is 0 Å². The Hall–Kier alpha value is -3.15. The number of carbonyl (C=O) groups excluding carboxylic acids is 1. The molecule has 2 aromatic carbocycles. The Labute approximate surface area is 176 Å². The molecule has 1 aliphatic heterocycles. The van der Waals surface area contributed by atoms with Crippen molar-refractivity contribution >= 4 is 5.91 Å². The van der Waals surface area contributed by atoms with E-state index in [9.17, 15) is 4.79 Å². The molecule has 3 aromatic rings. The highest BCUT2D eigenvalue weighted by molar-refractivity contribution is 5.76. The minimum Gasteiger partial charge on any atom is -0.484 e. The second-order valence-corrected chi connectivity index (χ2v) is 8.08. The van der Waals surface area contributed by atoms with Crippen LogP contribution in [0.1, 0.15) is 43.5 Å². The number of hydrogen-bond acceptors (Lipinski definition) is 5. The number of amides is 1. The number of likely N-dealkylation sites (tertiary alicyclic amines) is 1. The molecule has 0 spiro atoms. The van der Waals surface area contributed by atoms with Crippen molar-refractivity contribution in [2.24, 2.45) is 0 Å². The van der Waals surface area contributed by atoms with E-state index in [0.717, 1.165) is 31.6 Å². The van der Waals surface area contributed by atoms with Gasteiger partial charge in [0.05, 0.1) is 0 Å². The van der Waals surface area contributed by atoms with Gasteiger partial charge in [-0.05, 0) is 37.0 Å². The van der Waals surface area contributed by atoms with Gasteiger partial charge < -0.3 is 14.2 Å². The number of carbonyl (C=O) groups is 1. The highest BCUT2D eigenvalue weighted by Crippen LogP contribution is 2.32. The molecule has 1 saturated heterocycles. The zero-order valence-corrected chi connectivity index (χ0v) is 17.3. The highest BCUT2D eigenvalue weighted by atomic mass is 16.5. The minimum atomic E-state index is -0.310.